The van der Waals surface area contributed by atoms with Crippen LogP contribution in [0.4, 0.5) is 10.1 Å². The Morgan fingerprint density at radius 2 is 2.05 bits per heavy atom. The van der Waals surface area contributed by atoms with Gasteiger partial charge < -0.3 is 5.73 Å². The van der Waals surface area contributed by atoms with Crippen LogP contribution in [-0.4, -0.2) is 20.2 Å². The van der Waals surface area contributed by atoms with Gasteiger partial charge in [-0.2, -0.15) is 0 Å². The number of unbranched alkanes of at least 4 members (excludes halogenated alkanes) is 1. The van der Waals surface area contributed by atoms with E-state index >= 15 is 0 Å². The highest BCUT2D eigenvalue weighted by Gasteiger charge is 2.12. The van der Waals surface area contributed by atoms with Crippen molar-refractivity contribution in [3.8, 4) is 11.4 Å². The standard InChI is InChI=1S/C15H22FN5/c1-10(2)6-4-5-7-21-15(18-19-20-21)12-8-13(16)11(3)14(17)9-12/h8-10H,4-7,17H2,1-3H3. The van der Waals surface area contributed by atoms with Crippen molar-refractivity contribution in [1.82, 2.24) is 20.2 Å². The molecule has 0 aliphatic carbocycles. The van der Waals surface area contributed by atoms with Crippen molar-refractivity contribution >= 4 is 5.69 Å². The van der Waals surface area contributed by atoms with Crippen LogP contribution >= 0.6 is 0 Å². The zero-order chi connectivity index (χ0) is 15.4. The maximum Gasteiger partial charge on any atom is 0.182 e. The third-order valence-corrected chi connectivity index (χ3v) is 3.58. The summed E-state index contributed by atoms with van der Waals surface area (Å²) in [6.07, 6.45) is 3.31. The molecule has 6 heteroatoms. The minimum atomic E-state index is -0.334. The summed E-state index contributed by atoms with van der Waals surface area (Å²) in [5, 5.41) is 11.7. The van der Waals surface area contributed by atoms with Crippen molar-refractivity contribution in [3.63, 3.8) is 0 Å². The van der Waals surface area contributed by atoms with Gasteiger partial charge in [0.1, 0.15) is 5.82 Å². The lowest BCUT2D eigenvalue weighted by molar-refractivity contribution is 0.487. The second-order valence-corrected chi connectivity index (χ2v) is 5.79. The minimum absolute atomic E-state index is 0.334. The van der Waals surface area contributed by atoms with Gasteiger partial charge in [-0.25, -0.2) is 9.07 Å². The SMILES string of the molecule is Cc1c(N)cc(-c2nnnn2CCCCC(C)C)cc1F. The summed E-state index contributed by atoms with van der Waals surface area (Å²) in [5.74, 6) is 0.925. The molecule has 5 nitrogen and oxygen atoms in total. The first-order valence-electron chi connectivity index (χ1n) is 7.31. The molecule has 0 atom stereocenters. The van der Waals surface area contributed by atoms with Crippen molar-refractivity contribution < 1.29 is 4.39 Å². The lowest BCUT2D eigenvalue weighted by Gasteiger charge is -2.08. The highest BCUT2D eigenvalue weighted by atomic mass is 19.1. The fourth-order valence-corrected chi connectivity index (χ4v) is 2.21. The number of aryl methyl sites for hydroxylation is 1. The fraction of sp³-hybridized carbons (Fsp3) is 0.533. The number of benzene rings is 1. The average Bonchev–Trinajstić information content (AvgIpc) is 2.88. The van der Waals surface area contributed by atoms with Gasteiger partial charge in [0.15, 0.2) is 5.82 Å². The predicted octanol–water partition coefficient (Wildman–Crippen LogP) is 3.20. The van der Waals surface area contributed by atoms with Crippen LogP contribution in [0.1, 0.15) is 38.7 Å². The van der Waals surface area contributed by atoms with Gasteiger partial charge in [-0.15, -0.1) is 5.10 Å². The fourth-order valence-electron chi connectivity index (χ4n) is 2.21. The largest absolute Gasteiger partial charge is 0.398 e. The quantitative estimate of drug-likeness (QED) is 0.655. The van der Waals surface area contributed by atoms with Crippen LogP contribution in [0.25, 0.3) is 11.4 Å². The lowest BCUT2D eigenvalue weighted by Crippen LogP contribution is -2.04. The Morgan fingerprint density at radius 1 is 1.29 bits per heavy atom. The van der Waals surface area contributed by atoms with E-state index in [-0.39, 0.29) is 5.82 Å². The Labute approximate surface area is 124 Å². The van der Waals surface area contributed by atoms with Gasteiger partial charge in [0.25, 0.3) is 0 Å². The number of tetrazole rings is 1. The van der Waals surface area contributed by atoms with Crippen LogP contribution in [0.2, 0.25) is 0 Å². The van der Waals surface area contributed by atoms with E-state index in [4.69, 9.17) is 5.73 Å². The number of anilines is 1. The smallest absolute Gasteiger partial charge is 0.182 e. The molecule has 0 unspecified atom stereocenters. The van der Waals surface area contributed by atoms with Crippen LogP contribution in [-0.2, 0) is 6.54 Å². The molecule has 0 aliphatic heterocycles. The Bertz CT molecular complexity index is 583. The van der Waals surface area contributed by atoms with Gasteiger partial charge in [-0.1, -0.05) is 26.7 Å². The first-order chi connectivity index (χ1) is 9.99. The summed E-state index contributed by atoms with van der Waals surface area (Å²) < 4.78 is 15.5. The van der Waals surface area contributed by atoms with Crippen molar-refractivity contribution in [2.45, 2.75) is 46.6 Å². The third kappa shape index (κ3) is 3.77. The molecule has 114 valence electrons. The second kappa shape index (κ2) is 6.65. The monoisotopic (exact) mass is 291 g/mol. The molecule has 0 amide bonds. The van der Waals surface area contributed by atoms with Gasteiger partial charge in [0.05, 0.1) is 0 Å². The van der Waals surface area contributed by atoms with Crippen molar-refractivity contribution in [3.05, 3.63) is 23.5 Å². The summed E-state index contributed by atoms with van der Waals surface area (Å²) in [5.41, 5.74) is 7.30. The topological polar surface area (TPSA) is 69.6 Å². The summed E-state index contributed by atoms with van der Waals surface area (Å²) >= 11 is 0. The first-order valence-corrected chi connectivity index (χ1v) is 7.31. The Hall–Kier alpha value is -1.98. The number of nitrogens with two attached hydrogens (primary N) is 1. The zero-order valence-electron chi connectivity index (χ0n) is 12.8. The average molecular weight is 291 g/mol. The van der Waals surface area contributed by atoms with Gasteiger partial charge >= 0.3 is 0 Å². The number of nitrogens with zero attached hydrogens (tertiary/aromatic N) is 4. The normalized spacial score (nSPS) is 11.3. The van der Waals surface area contributed by atoms with E-state index in [0.717, 1.165) is 19.4 Å². The summed E-state index contributed by atoms with van der Waals surface area (Å²) in [6, 6.07) is 3.15. The minimum Gasteiger partial charge on any atom is -0.398 e. The summed E-state index contributed by atoms with van der Waals surface area (Å²) in [4.78, 5) is 0. The first kappa shape index (κ1) is 15.4. The highest BCUT2D eigenvalue weighted by Crippen LogP contribution is 2.24. The van der Waals surface area contributed by atoms with E-state index in [1.54, 1.807) is 17.7 Å². The van der Waals surface area contributed by atoms with Crippen LogP contribution in [0, 0.1) is 18.7 Å². The van der Waals surface area contributed by atoms with Crippen LogP contribution in [0.5, 0.6) is 0 Å². The molecule has 2 rings (SSSR count). The van der Waals surface area contributed by atoms with E-state index < -0.39 is 0 Å². The molecule has 0 fully saturated rings. The van der Waals surface area contributed by atoms with Gasteiger partial charge in [0.2, 0.25) is 0 Å². The molecule has 1 heterocycles. The van der Waals surface area contributed by atoms with Crippen molar-refractivity contribution in [2.75, 3.05) is 5.73 Å². The number of hydrogen-bond donors (Lipinski definition) is 1. The van der Waals surface area contributed by atoms with Crippen LogP contribution < -0.4 is 5.73 Å². The molecule has 21 heavy (non-hydrogen) atoms. The summed E-state index contributed by atoms with van der Waals surface area (Å²) in [7, 11) is 0. The second-order valence-electron chi connectivity index (χ2n) is 5.79. The van der Waals surface area contributed by atoms with E-state index in [2.05, 4.69) is 29.4 Å². The Balaban J connectivity index is 2.13. The maximum absolute atomic E-state index is 13.8. The van der Waals surface area contributed by atoms with Gasteiger partial charge in [-0.05, 0) is 41.8 Å². The molecule has 1 aromatic heterocycles. The number of hydrogen-bond acceptors (Lipinski definition) is 4. The zero-order valence-corrected chi connectivity index (χ0v) is 12.8. The van der Waals surface area contributed by atoms with E-state index in [1.807, 2.05) is 0 Å². The molecule has 0 saturated carbocycles. The van der Waals surface area contributed by atoms with Gasteiger partial charge in [-0.3, -0.25) is 0 Å². The van der Waals surface area contributed by atoms with Crippen molar-refractivity contribution in [2.24, 2.45) is 5.92 Å². The lowest BCUT2D eigenvalue weighted by atomic mass is 10.1. The van der Waals surface area contributed by atoms with Crippen LogP contribution in [0.15, 0.2) is 12.1 Å². The number of rotatable bonds is 6. The van der Waals surface area contributed by atoms with Gasteiger partial charge in [0, 0.05) is 23.4 Å². The molecular weight excluding hydrogens is 269 g/mol. The maximum atomic E-state index is 13.8. The number of nitrogen functional groups attached to an aromatic ring is 1. The van der Waals surface area contributed by atoms with Crippen molar-refractivity contribution in [1.29, 1.82) is 0 Å². The molecule has 0 saturated heterocycles. The van der Waals surface area contributed by atoms with E-state index in [1.165, 1.54) is 12.5 Å². The van der Waals surface area contributed by atoms with E-state index in [0.29, 0.717) is 28.6 Å². The molecule has 2 aromatic rings. The molecule has 2 N–H and O–H groups in total. The molecule has 1 aromatic carbocycles. The van der Waals surface area contributed by atoms with E-state index in [9.17, 15) is 4.39 Å². The Kier molecular flexibility index (Phi) is 4.88. The molecule has 0 radical (unpaired) electrons. The predicted molar refractivity (Wildman–Crippen MR) is 81.0 cm³/mol. The number of halogens is 1. The van der Waals surface area contributed by atoms with Crippen LogP contribution in [0.3, 0.4) is 0 Å². The third-order valence-electron chi connectivity index (χ3n) is 3.58. The number of aromatic nitrogens is 4. The molecular formula is C15H22FN5. The summed E-state index contributed by atoms with van der Waals surface area (Å²) in [6.45, 7) is 6.80. The highest BCUT2D eigenvalue weighted by molar-refractivity contribution is 5.63. The molecule has 0 aliphatic rings. The Morgan fingerprint density at radius 3 is 2.71 bits per heavy atom. The molecule has 0 spiro atoms. The molecule has 0 bridgehead atoms.